The minimum absolute atomic E-state index is 0.159. The van der Waals surface area contributed by atoms with E-state index < -0.39 is 23.8 Å². The van der Waals surface area contributed by atoms with Gasteiger partial charge in [0.1, 0.15) is 6.04 Å². The zero-order valence-electron chi connectivity index (χ0n) is 15.1. The van der Waals surface area contributed by atoms with Crippen molar-refractivity contribution in [3.8, 4) is 0 Å². The number of halogens is 3. The van der Waals surface area contributed by atoms with Crippen molar-refractivity contribution in [2.75, 3.05) is 0 Å². The standard InChI is InChI=1S/C19H21F3N2O2S/c1-11(2)16(24-17(25)15-5-4-10-27-15)18(26)23-12(3)13-6-8-14(9-7-13)19(20,21)22/h4-12,16H,1-3H3,(H,23,26)(H,24,25)/t12-,16+/m1/s1. The van der Waals surface area contributed by atoms with Crippen LogP contribution in [-0.4, -0.2) is 17.9 Å². The Labute approximate surface area is 159 Å². The summed E-state index contributed by atoms with van der Waals surface area (Å²) in [6.07, 6.45) is -4.40. The van der Waals surface area contributed by atoms with Crippen LogP contribution in [0.25, 0.3) is 0 Å². The maximum atomic E-state index is 12.7. The molecule has 4 nitrogen and oxygen atoms in total. The molecule has 1 aromatic carbocycles. The van der Waals surface area contributed by atoms with Crippen LogP contribution in [0.3, 0.4) is 0 Å². The molecule has 2 amide bonds. The number of amides is 2. The first kappa shape index (κ1) is 21.0. The minimum Gasteiger partial charge on any atom is -0.348 e. The van der Waals surface area contributed by atoms with Gasteiger partial charge in [0, 0.05) is 0 Å². The molecule has 2 atom stereocenters. The van der Waals surface area contributed by atoms with E-state index in [1.807, 2.05) is 13.8 Å². The molecule has 0 radical (unpaired) electrons. The second-order valence-electron chi connectivity index (χ2n) is 6.52. The first-order chi connectivity index (χ1) is 12.6. The summed E-state index contributed by atoms with van der Waals surface area (Å²) in [6, 6.07) is 6.80. The number of hydrogen-bond donors (Lipinski definition) is 2. The SMILES string of the molecule is CC(C)[C@H](NC(=O)c1cccs1)C(=O)N[C@H](C)c1ccc(C(F)(F)F)cc1. The Morgan fingerprint density at radius 2 is 1.63 bits per heavy atom. The average Bonchev–Trinajstić information content (AvgIpc) is 3.13. The summed E-state index contributed by atoms with van der Waals surface area (Å²) < 4.78 is 38.0. The number of alkyl halides is 3. The van der Waals surface area contributed by atoms with Gasteiger partial charge in [0.2, 0.25) is 5.91 Å². The molecule has 0 aliphatic heterocycles. The van der Waals surface area contributed by atoms with Gasteiger partial charge in [-0.25, -0.2) is 0 Å². The van der Waals surface area contributed by atoms with Gasteiger partial charge in [0.25, 0.3) is 5.91 Å². The van der Waals surface area contributed by atoms with E-state index in [1.54, 1.807) is 24.4 Å². The van der Waals surface area contributed by atoms with E-state index in [1.165, 1.54) is 23.5 Å². The lowest BCUT2D eigenvalue weighted by atomic mass is 10.0. The number of thiophene rings is 1. The first-order valence-electron chi connectivity index (χ1n) is 8.41. The lowest BCUT2D eigenvalue weighted by Gasteiger charge is -2.24. The van der Waals surface area contributed by atoms with Crippen LogP contribution in [0.4, 0.5) is 13.2 Å². The molecule has 2 N–H and O–H groups in total. The molecule has 0 fully saturated rings. The van der Waals surface area contributed by atoms with Gasteiger partial charge in [0.05, 0.1) is 16.5 Å². The van der Waals surface area contributed by atoms with Crippen molar-refractivity contribution in [1.29, 1.82) is 0 Å². The third-order valence-electron chi connectivity index (χ3n) is 4.08. The highest BCUT2D eigenvalue weighted by atomic mass is 32.1. The van der Waals surface area contributed by atoms with Gasteiger partial charge in [-0.2, -0.15) is 13.2 Å². The summed E-state index contributed by atoms with van der Waals surface area (Å²) in [7, 11) is 0. The smallest absolute Gasteiger partial charge is 0.348 e. The maximum Gasteiger partial charge on any atom is 0.416 e. The van der Waals surface area contributed by atoms with Crippen LogP contribution in [0.5, 0.6) is 0 Å². The molecule has 146 valence electrons. The summed E-state index contributed by atoms with van der Waals surface area (Å²) in [5.41, 5.74) is -0.198. The predicted octanol–water partition coefficient (Wildman–Crippen LogP) is 4.40. The minimum atomic E-state index is -4.40. The van der Waals surface area contributed by atoms with E-state index in [0.717, 1.165) is 12.1 Å². The van der Waals surface area contributed by atoms with Crippen LogP contribution in [0.15, 0.2) is 41.8 Å². The molecule has 27 heavy (non-hydrogen) atoms. The third kappa shape index (κ3) is 5.56. The van der Waals surface area contributed by atoms with Crippen molar-refractivity contribution in [2.45, 2.75) is 39.0 Å². The van der Waals surface area contributed by atoms with Crippen LogP contribution >= 0.6 is 11.3 Å². The van der Waals surface area contributed by atoms with Crippen LogP contribution in [-0.2, 0) is 11.0 Å². The average molecular weight is 398 g/mol. The molecule has 0 saturated heterocycles. The normalized spacial score (nSPS) is 13.9. The van der Waals surface area contributed by atoms with Gasteiger partial charge in [-0.05, 0) is 42.0 Å². The molecular formula is C19H21F3N2O2S. The quantitative estimate of drug-likeness (QED) is 0.758. The summed E-state index contributed by atoms with van der Waals surface area (Å²) in [5.74, 6) is -0.878. The Kier molecular flexibility index (Phi) is 6.64. The Bertz CT molecular complexity index is 771. The molecule has 8 heteroatoms. The van der Waals surface area contributed by atoms with Gasteiger partial charge in [-0.15, -0.1) is 11.3 Å². The Hall–Kier alpha value is -2.35. The number of carbonyl (C=O) groups is 2. The summed E-state index contributed by atoms with van der Waals surface area (Å²) >= 11 is 1.27. The zero-order chi connectivity index (χ0) is 20.2. The fourth-order valence-corrected chi connectivity index (χ4v) is 3.13. The van der Waals surface area contributed by atoms with Crippen LogP contribution in [0.2, 0.25) is 0 Å². The van der Waals surface area contributed by atoms with Crippen molar-refractivity contribution >= 4 is 23.2 Å². The topological polar surface area (TPSA) is 58.2 Å². The number of carbonyl (C=O) groups excluding carboxylic acids is 2. The van der Waals surface area contributed by atoms with Crippen molar-refractivity contribution < 1.29 is 22.8 Å². The highest BCUT2D eigenvalue weighted by Gasteiger charge is 2.30. The Morgan fingerprint density at radius 3 is 2.11 bits per heavy atom. The molecule has 1 aromatic heterocycles. The van der Waals surface area contributed by atoms with Crippen molar-refractivity contribution in [3.05, 3.63) is 57.8 Å². The van der Waals surface area contributed by atoms with Crippen LogP contribution in [0.1, 0.15) is 47.6 Å². The Balaban J connectivity index is 2.04. The second kappa shape index (κ2) is 8.56. The van der Waals surface area contributed by atoms with Crippen LogP contribution in [0, 0.1) is 5.92 Å². The molecule has 0 spiro atoms. The fraction of sp³-hybridized carbons (Fsp3) is 0.368. The lowest BCUT2D eigenvalue weighted by molar-refractivity contribution is -0.137. The molecule has 1 heterocycles. The van der Waals surface area contributed by atoms with E-state index in [2.05, 4.69) is 10.6 Å². The number of hydrogen-bond acceptors (Lipinski definition) is 3. The summed E-state index contributed by atoms with van der Waals surface area (Å²) in [4.78, 5) is 25.3. The van der Waals surface area contributed by atoms with E-state index in [4.69, 9.17) is 0 Å². The van der Waals surface area contributed by atoms with Gasteiger partial charge in [-0.1, -0.05) is 32.0 Å². The zero-order valence-corrected chi connectivity index (χ0v) is 15.9. The highest BCUT2D eigenvalue weighted by molar-refractivity contribution is 7.12. The lowest BCUT2D eigenvalue weighted by Crippen LogP contribution is -2.50. The number of rotatable bonds is 6. The molecular weight excluding hydrogens is 377 g/mol. The molecule has 2 rings (SSSR count). The molecule has 0 bridgehead atoms. The van der Waals surface area contributed by atoms with Gasteiger partial charge < -0.3 is 10.6 Å². The van der Waals surface area contributed by atoms with Gasteiger partial charge in [-0.3, -0.25) is 9.59 Å². The molecule has 0 saturated carbocycles. The summed E-state index contributed by atoms with van der Waals surface area (Å²) in [6.45, 7) is 5.29. The Morgan fingerprint density at radius 1 is 1.00 bits per heavy atom. The van der Waals surface area contributed by atoms with E-state index in [0.29, 0.717) is 10.4 Å². The van der Waals surface area contributed by atoms with Crippen molar-refractivity contribution in [3.63, 3.8) is 0 Å². The molecule has 0 unspecified atom stereocenters. The summed E-state index contributed by atoms with van der Waals surface area (Å²) in [5, 5.41) is 7.24. The molecule has 0 aliphatic carbocycles. The molecule has 0 aliphatic rings. The maximum absolute atomic E-state index is 12.7. The number of nitrogens with one attached hydrogen (secondary N) is 2. The van der Waals surface area contributed by atoms with E-state index in [-0.39, 0.29) is 17.7 Å². The van der Waals surface area contributed by atoms with E-state index >= 15 is 0 Å². The van der Waals surface area contributed by atoms with Gasteiger partial charge in [0.15, 0.2) is 0 Å². The monoisotopic (exact) mass is 398 g/mol. The van der Waals surface area contributed by atoms with Gasteiger partial charge >= 0.3 is 6.18 Å². The molecule has 2 aromatic rings. The third-order valence-corrected chi connectivity index (χ3v) is 4.95. The van der Waals surface area contributed by atoms with Crippen molar-refractivity contribution in [1.82, 2.24) is 10.6 Å². The highest BCUT2D eigenvalue weighted by Crippen LogP contribution is 2.29. The predicted molar refractivity (Wildman–Crippen MR) is 98.4 cm³/mol. The van der Waals surface area contributed by atoms with Crippen LogP contribution < -0.4 is 10.6 Å². The van der Waals surface area contributed by atoms with E-state index in [9.17, 15) is 22.8 Å². The first-order valence-corrected chi connectivity index (χ1v) is 9.29. The number of benzene rings is 1. The fourth-order valence-electron chi connectivity index (χ4n) is 2.50. The largest absolute Gasteiger partial charge is 0.416 e. The second-order valence-corrected chi connectivity index (χ2v) is 7.47. The van der Waals surface area contributed by atoms with Crippen molar-refractivity contribution in [2.24, 2.45) is 5.92 Å².